The molecule has 1 aromatic carbocycles. The topological polar surface area (TPSA) is 15.7 Å². The third-order valence-electron chi connectivity index (χ3n) is 4.38. The quantitative estimate of drug-likeness (QED) is 0.796. The zero-order chi connectivity index (χ0) is 15.2. The maximum absolute atomic E-state index is 5.87. The van der Waals surface area contributed by atoms with Crippen LogP contribution in [0, 0.1) is 17.8 Å². The minimum Gasteiger partial charge on any atom is -0.381 e. The number of nitrogens with zero attached hydrogens (tertiary/aromatic N) is 2. The molecule has 2 aliphatic rings. The molecule has 0 amide bonds. The molecule has 22 heavy (non-hydrogen) atoms. The molecule has 0 saturated carbocycles. The van der Waals surface area contributed by atoms with Crippen LogP contribution < -0.4 is 0 Å². The first-order valence-electron chi connectivity index (χ1n) is 8.06. The first-order chi connectivity index (χ1) is 10.8. The standard InChI is InChI=1S/C18H23ClN2O/c19-18-5-3-16(4-6-18)2-1-8-20-9-11-21(12-10-20)14-17-7-13-22-15-17/h3-6,17H,7-15H2. The van der Waals surface area contributed by atoms with Gasteiger partial charge in [-0.05, 0) is 36.6 Å². The Labute approximate surface area is 138 Å². The smallest absolute Gasteiger partial charge is 0.0606 e. The lowest BCUT2D eigenvalue weighted by Crippen LogP contribution is -2.47. The fourth-order valence-corrected chi connectivity index (χ4v) is 3.14. The predicted molar refractivity (Wildman–Crippen MR) is 90.1 cm³/mol. The van der Waals surface area contributed by atoms with E-state index in [4.69, 9.17) is 16.3 Å². The van der Waals surface area contributed by atoms with Crippen LogP contribution in [0.3, 0.4) is 0 Å². The summed E-state index contributed by atoms with van der Waals surface area (Å²) in [6, 6.07) is 7.71. The van der Waals surface area contributed by atoms with E-state index < -0.39 is 0 Å². The third kappa shape index (κ3) is 4.72. The van der Waals surface area contributed by atoms with Gasteiger partial charge in [-0.2, -0.15) is 0 Å². The van der Waals surface area contributed by atoms with Gasteiger partial charge in [0.05, 0.1) is 13.2 Å². The van der Waals surface area contributed by atoms with Crippen molar-refractivity contribution in [2.75, 3.05) is 52.5 Å². The molecule has 0 radical (unpaired) electrons. The first kappa shape index (κ1) is 15.8. The van der Waals surface area contributed by atoms with Crippen molar-refractivity contribution in [2.45, 2.75) is 6.42 Å². The Bertz CT molecular complexity index is 520. The van der Waals surface area contributed by atoms with Crippen LogP contribution in [-0.4, -0.2) is 62.3 Å². The van der Waals surface area contributed by atoms with E-state index in [2.05, 4.69) is 21.6 Å². The van der Waals surface area contributed by atoms with Crippen LogP contribution in [0.25, 0.3) is 0 Å². The molecule has 2 saturated heterocycles. The molecule has 0 aliphatic carbocycles. The Morgan fingerprint density at radius 2 is 1.82 bits per heavy atom. The van der Waals surface area contributed by atoms with E-state index in [0.717, 1.165) is 62.4 Å². The molecule has 4 heteroatoms. The van der Waals surface area contributed by atoms with Crippen LogP contribution in [-0.2, 0) is 4.74 Å². The van der Waals surface area contributed by atoms with E-state index in [9.17, 15) is 0 Å². The van der Waals surface area contributed by atoms with Gasteiger partial charge in [0.15, 0.2) is 0 Å². The molecule has 1 unspecified atom stereocenters. The van der Waals surface area contributed by atoms with E-state index in [0.29, 0.717) is 0 Å². The molecule has 0 spiro atoms. The molecule has 0 aromatic heterocycles. The van der Waals surface area contributed by atoms with Gasteiger partial charge < -0.3 is 9.64 Å². The molecule has 3 nitrogen and oxygen atoms in total. The zero-order valence-corrected chi connectivity index (χ0v) is 13.7. The normalized spacial score (nSPS) is 23.2. The molecule has 3 rings (SSSR count). The van der Waals surface area contributed by atoms with E-state index in [1.54, 1.807) is 0 Å². The summed E-state index contributed by atoms with van der Waals surface area (Å²) in [5.41, 5.74) is 1.03. The summed E-state index contributed by atoms with van der Waals surface area (Å²) in [4.78, 5) is 5.01. The highest BCUT2D eigenvalue weighted by Crippen LogP contribution is 2.15. The molecule has 118 valence electrons. The lowest BCUT2D eigenvalue weighted by Gasteiger charge is -2.34. The fourth-order valence-electron chi connectivity index (χ4n) is 3.01. The van der Waals surface area contributed by atoms with E-state index >= 15 is 0 Å². The van der Waals surface area contributed by atoms with Gasteiger partial charge >= 0.3 is 0 Å². The molecule has 1 atom stereocenters. The molecular weight excluding hydrogens is 296 g/mol. The number of ether oxygens (including phenoxy) is 1. The Hall–Kier alpha value is -1.05. The van der Waals surface area contributed by atoms with Crippen molar-refractivity contribution in [2.24, 2.45) is 5.92 Å². The summed E-state index contributed by atoms with van der Waals surface area (Å²) >= 11 is 5.87. The van der Waals surface area contributed by atoms with E-state index in [-0.39, 0.29) is 0 Å². The largest absolute Gasteiger partial charge is 0.381 e. The lowest BCUT2D eigenvalue weighted by atomic mass is 10.1. The Morgan fingerprint density at radius 1 is 1.09 bits per heavy atom. The molecule has 0 N–H and O–H groups in total. The summed E-state index contributed by atoms with van der Waals surface area (Å²) < 4.78 is 5.46. The second-order valence-corrected chi connectivity index (χ2v) is 6.55. The summed E-state index contributed by atoms with van der Waals surface area (Å²) in [6.45, 7) is 8.48. The van der Waals surface area contributed by atoms with Gasteiger partial charge in [0.2, 0.25) is 0 Å². The monoisotopic (exact) mass is 318 g/mol. The number of piperazine rings is 1. The second kappa shape index (κ2) is 7.99. The van der Waals surface area contributed by atoms with Gasteiger partial charge in [0.1, 0.15) is 0 Å². The highest BCUT2D eigenvalue weighted by atomic mass is 35.5. The summed E-state index contributed by atoms with van der Waals surface area (Å²) in [6.07, 6.45) is 1.23. The molecule has 2 heterocycles. The SMILES string of the molecule is Clc1ccc(C#CCN2CCN(CC3CCOC3)CC2)cc1. The van der Waals surface area contributed by atoms with Crippen LogP contribution in [0.2, 0.25) is 5.02 Å². The molecule has 2 aliphatic heterocycles. The van der Waals surface area contributed by atoms with E-state index in [1.165, 1.54) is 13.0 Å². The van der Waals surface area contributed by atoms with Gasteiger partial charge in [-0.15, -0.1) is 0 Å². The maximum atomic E-state index is 5.87. The van der Waals surface area contributed by atoms with Gasteiger partial charge in [-0.1, -0.05) is 23.4 Å². The average Bonchev–Trinajstić information content (AvgIpc) is 3.04. The fraction of sp³-hybridized carbons (Fsp3) is 0.556. The first-order valence-corrected chi connectivity index (χ1v) is 8.44. The van der Waals surface area contributed by atoms with Crippen molar-refractivity contribution in [3.8, 4) is 11.8 Å². The number of benzene rings is 1. The minimum absolute atomic E-state index is 0.747. The number of hydrogen-bond acceptors (Lipinski definition) is 3. The number of rotatable bonds is 3. The van der Waals surface area contributed by atoms with Gasteiger partial charge in [-0.25, -0.2) is 0 Å². The van der Waals surface area contributed by atoms with Crippen molar-refractivity contribution in [3.05, 3.63) is 34.9 Å². The van der Waals surface area contributed by atoms with Crippen molar-refractivity contribution in [1.82, 2.24) is 9.80 Å². The Morgan fingerprint density at radius 3 is 2.50 bits per heavy atom. The van der Waals surface area contributed by atoms with Crippen molar-refractivity contribution in [3.63, 3.8) is 0 Å². The lowest BCUT2D eigenvalue weighted by molar-refractivity contribution is 0.118. The summed E-state index contributed by atoms with van der Waals surface area (Å²) in [5, 5.41) is 0.759. The van der Waals surface area contributed by atoms with Crippen LogP contribution in [0.4, 0.5) is 0 Å². The van der Waals surface area contributed by atoms with Crippen molar-refractivity contribution < 1.29 is 4.74 Å². The van der Waals surface area contributed by atoms with Crippen molar-refractivity contribution >= 4 is 11.6 Å². The molecule has 0 bridgehead atoms. The summed E-state index contributed by atoms with van der Waals surface area (Å²) in [5.74, 6) is 7.23. The number of halogens is 1. The number of hydrogen-bond donors (Lipinski definition) is 0. The van der Waals surface area contributed by atoms with Crippen LogP contribution in [0.1, 0.15) is 12.0 Å². The Balaban J connectivity index is 1.39. The summed E-state index contributed by atoms with van der Waals surface area (Å²) in [7, 11) is 0. The molecule has 1 aromatic rings. The van der Waals surface area contributed by atoms with Crippen molar-refractivity contribution in [1.29, 1.82) is 0 Å². The average molecular weight is 319 g/mol. The van der Waals surface area contributed by atoms with Gasteiger partial charge in [0, 0.05) is 49.9 Å². The minimum atomic E-state index is 0.747. The van der Waals surface area contributed by atoms with Gasteiger partial charge in [-0.3, -0.25) is 4.90 Å². The molecular formula is C18H23ClN2O. The predicted octanol–water partition coefficient (Wildman–Crippen LogP) is 2.35. The van der Waals surface area contributed by atoms with Crippen LogP contribution in [0.15, 0.2) is 24.3 Å². The zero-order valence-electron chi connectivity index (χ0n) is 12.9. The second-order valence-electron chi connectivity index (χ2n) is 6.12. The maximum Gasteiger partial charge on any atom is 0.0606 e. The van der Waals surface area contributed by atoms with Gasteiger partial charge in [0.25, 0.3) is 0 Å². The molecule has 2 fully saturated rings. The van der Waals surface area contributed by atoms with Crippen LogP contribution >= 0.6 is 11.6 Å². The highest BCUT2D eigenvalue weighted by Gasteiger charge is 2.22. The Kier molecular flexibility index (Phi) is 5.75. The highest BCUT2D eigenvalue weighted by molar-refractivity contribution is 6.30. The van der Waals surface area contributed by atoms with Crippen LogP contribution in [0.5, 0.6) is 0 Å². The third-order valence-corrected chi connectivity index (χ3v) is 4.64. The van der Waals surface area contributed by atoms with E-state index in [1.807, 2.05) is 24.3 Å².